The van der Waals surface area contributed by atoms with Crippen LogP contribution in [0.3, 0.4) is 0 Å². The molecule has 0 aliphatic carbocycles. The van der Waals surface area contributed by atoms with Crippen molar-refractivity contribution in [1.29, 1.82) is 0 Å². The van der Waals surface area contributed by atoms with E-state index in [1.807, 2.05) is 6.07 Å². The van der Waals surface area contributed by atoms with E-state index in [9.17, 15) is 0 Å². The number of rotatable bonds is 6. The Labute approximate surface area is 130 Å². The third-order valence-electron chi connectivity index (χ3n) is 3.46. The van der Waals surface area contributed by atoms with Gasteiger partial charge in [0.2, 0.25) is 0 Å². The summed E-state index contributed by atoms with van der Waals surface area (Å²) in [5.41, 5.74) is 2.65. The van der Waals surface area contributed by atoms with Crippen molar-refractivity contribution in [2.45, 2.75) is 25.7 Å². The quantitative estimate of drug-likeness (QED) is 0.646. The fourth-order valence-corrected chi connectivity index (χ4v) is 2.66. The molecule has 0 radical (unpaired) electrons. The van der Waals surface area contributed by atoms with Crippen molar-refractivity contribution in [3.63, 3.8) is 0 Å². The minimum Gasteiger partial charge on any atom is -0.493 e. The lowest BCUT2D eigenvalue weighted by Gasteiger charge is -2.16. The van der Waals surface area contributed by atoms with Crippen LogP contribution in [0.1, 0.15) is 36.8 Å². The molecule has 0 fully saturated rings. The molecule has 0 amide bonds. The average molecular weight is 333 g/mol. The number of hydrogen-bond donors (Lipinski definition) is 0. The summed E-state index contributed by atoms with van der Waals surface area (Å²) in [7, 11) is 0. The molecule has 0 heterocycles. The number of ether oxygens (including phenoxy) is 1. The fraction of sp³-hybridized carbons (Fsp3) is 0.333. The molecule has 0 aliphatic heterocycles. The van der Waals surface area contributed by atoms with Crippen LogP contribution in [0.25, 0.3) is 0 Å². The topological polar surface area (TPSA) is 9.23 Å². The van der Waals surface area contributed by atoms with E-state index in [1.54, 1.807) is 0 Å². The second kappa shape index (κ2) is 7.49. The number of benzene rings is 2. The summed E-state index contributed by atoms with van der Waals surface area (Å²) in [6.07, 6.45) is 0. The van der Waals surface area contributed by atoms with E-state index < -0.39 is 0 Å². The second-order valence-corrected chi connectivity index (χ2v) is 5.94. The van der Waals surface area contributed by atoms with E-state index in [0.29, 0.717) is 18.4 Å². The van der Waals surface area contributed by atoms with E-state index >= 15 is 0 Å². The summed E-state index contributed by atoms with van der Waals surface area (Å²) in [5, 5.41) is 0.904. The Morgan fingerprint density at radius 1 is 0.900 bits per heavy atom. The van der Waals surface area contributed by atoms with Gasteiger partial charge in [-0.1, -0.05) is 72.2 Å². The molecular formula is C18H21BrO. The molecule has 20 heavy (non-hydrogen) atoms. The molecule has 1 atom stereocenters. The van der Waals surface area contributed by atoms with Crippen molar-refractivity contribution < 1.29 is 4.74 Å². The number of hydrogen-bond acceptors (Lipinski definition) is 1. The molecule has 2 aromatic rings. The lowest BCUT2D eigenvalue weighted by molar-refractivity contribution is 0.298. The Balaban J connectivity index is 1.96. The third kappa shape index (κ3) is 4.11. The van der Waals surface area contributed by atoms with Crippen molar-refractivity contribution >= 4 is 15.9 Å². The SMILES string of the molecule is CC(C)c1ccc(OCC(CBr)c2ccccc2)cc1. The molecule has 2 rings (SSSR count). The van der Waals surface area contributed by atoms with E-state index in [0.717, 1.165) is 11.1 Å². The normalized spacial score (nSPS) is 12.4. The molecule has 0 bridgehead atoms. The lowest BCUT2D eigenvalue weighted by Crippen LogP contribution is -2.11. The summed E-state index contributed by atoms with van der Waals surface area (Å²) < 4.78 is 5.92. The summed E-state index contributed by atoms with van der Waals surface area (Å²) in [6, 6.07) is 18.9. The van der Waals surface area contributed by atoms with Gasteiger partial charge in [-0.05, 0) is 29.2 Å². The van der Waals surface area contributed by atoms with Crippen molar-refractivity contribution in [2.75, 3.05) is 11.9 Å². The van der Waals surface area contributed by atoms with Gasteiger partial charge in [0.1, 0.15) is 5.75 Å². The molecule has 0 spiro atoms. The molecule has 1 nitrogen and oxygen atoms in total. The molecule has 2 heteroatoms. The Morgan fingerprint density at radius 3 is 2.10 bits per heavy atom. The third-order valence-corrected chi connectivity index (χ3v) is 4.24. The molecule has 0 aromatic heterocycles. The number of halogens is 1. The van der Waals surface area contributed by atoms with E-state index in [-0.39, 0.29) is 0 Å². The van der Waals surface area contributed by atoms with Crippen LogP contribution in [0.15, 0.2) is 54.6 Å². The highest BCUT2D eigenvalue weighted by molar-refractivity contribution is 9.09. The van der Waals surface area contributed by atoms with Crippen LogP contribution < -0.4 is 4.74 Å². The van der Waals surface area contributed by atoms with Crippen LogP contribution in [0.2, 0.25) is 0 Å². The van der Waals surface area contributed by atoms with Gasteiger partial charge in [-0.2, -0.15) is 0 Å². The molecular weight excluding hydrogens is 312 g/mol. The van der Waals surface area contributed by atoms with Gasteiger partial charge in [-0.25, -0.2) is 0 Å². The van der Waals surface area contributed by atoms with Crippen molar-refractivity contribution in [3.8, 4) is 5.75 Å². The minimum absolute atomic E-state index is 0.376. The van der Waals surface area contributed by atoms with Gasteiger partial charge in [0.15, 0.2) is 0 Å². The van der Waals surface area contributed by atoms with Gasteiger partial charge in [0.25, 0.3) is 0 Å². The summed E-state index contributed by atoms with van der Waals surface area (Å²) in [4.78, 5) is 0. The van der Waals surface area contributed by atoms with Crippen LogP contribution in [0.4, 0.5) is 0 Å². The van der Waals surface area contributed by atoms with Crippen LogP contribution in [-0.4, -0.2) is 11.9 Å². The maximum atomic E-state index is 5.92. The molecule has 2 aromatic carbocycles. The van der Waals surface area contributed by atoms with Crippen LogP contribution in [-0.2, 0) is 0 Å². The minimum atomic E-state index is 0.376. The zero-order valence-electron chi connectivity index (χ0n) is 12.1. The summed E-state index contributed by atoms with van der Waals surface area (Å²) >= 11 is 3.58. The highest BCUT2D eigenvalue weighted by atomic mass is 79.9. The maximum absolute atomic E-state index is 5.92. The van der Waals surface area contributed by atoms with Crippen LogP contribution in [0.5, 0.6) is 5.75 Å². The molecule has 106 valence electrons. The van der Waals surface area contributed by atoms with E-state index in [1.165, 1.54) is 11.1 Å². The highest BCUT2D eigenvalue weighted by Gasteiger charge is 2.10. The molecule has 0 N–H and O–H groups in total. The van der Waals surface area contributed by atoms with Gasteiger partial charge in [0, 0.05) is 11.2 Å². The predicted octanol–water partition coefficient (Wildman–Crippen LogP) is 5.37. The predicted molar refractivity (Wildman–Crippen MR) is 89.0 cm³/mol. The smallest absolute Gasteiger partial charge is 0.119 e. The van der Waals surface area contributed by atoms with Gasteiger partial charge in [0.05, 0.1) is 6.61 Å². The van der Waals surface area contributed by atoms with Crippen molar-refractivity contribution in [3.05, 3.63) is 65.7 Å². The Morgan fingerprint density at radius 2 is 1.55 bits per heavy atom. The fourth-order valence-electron chi connectivity index (χ4n) is 2.10. The molecule has 1 unspecified atom stereocenters. The highest BCUT2D eigenvalue weighted by Crippen LogP contribution is 2.22. The van der Waals surface area contributed by atoms with Crippen LogP contribution in [0, 0.1) is 0 Å². The largest absolute Gasteiger partial charge is 0.493 e. The standard InChI is InChI=1S/C18H21BrO/c1-14(2)15-8-10-18(11-9-15)20-13-17(12-19)16-6-4-3-5-7-16/h3-11,14,17H,12-13H2,1-2H3. The van der Waals surface area contributed by atoms with Gasteiger partial charge >= 0.3 is 0 Å². The monoisotopic (exact) mass is 332 g/mol. The van der Waals surface area contributed by atoms with Gasteiger partial charge in [-0.3, -0.25) is 0 Å². The molecule has 0 saturated carbocycles. The number of alkyl halides is 1. The average Bonchev–Trinajstić information content (AvgIpc) is 2.49. The summed E-state index contributed by atoms with van der Waals surface area (Å²) in [6.45, 7) is 5.09. The molecule has 0 aliphatic rings. The van der Waals surface area contributed by atoms with Crippen molar-refractivity contribution in [2.24, 2.45) is 0 Å². The Kier molecular flexibility index (Phi) is 5.66. The zero-order valence-corrected chi connectivity index (χ0v) is 13.6. The Hall–Kier alpha value is -1.28. The Bertz CT molecular complexity index is 505. The van der Waals surface area contributed by atoms with Gasteiger partial charge in [-0.15, -0.1) is 0 Å². The summed E-state index contributed by atoms with van der Waals surface area (Å²) in [5.74, 6) is 1.88. The van der Waals surface area contributed by atoms with E-state index in [4.69, 9.17) is 4.74 Å². The first-order valence-electron chi connectivity index (χ1n) is 7.04. The molecule has 0 saturated heterocycles. The van der Waals surface area contributed by atoms with Crippen molar-refractivity contribution in [1.82, 2.24) is 0 Å². The first kappa shape index (κ1) is 15.1. The lowest BCUT2D eigenvalue weighted by atomic mass is 10.0. The first-order valence-corrected chi connectivity index (χ1v) is 8.16. The van der Waals surface area contributed by atoms with Gasteiger partial charge < -0.3 is 4.74 Å². The van der Waals surface area contributed by atoms with E-state index in [2.05, 4.69) is 78.3 Å². The van der Waals surface area contributed by atoms with Crippen LogP contribution >= 0.6 is 15.9 Å². The first-order chi connectivity index (χ1) is 9.70. The maximum Gasteiger partial charge on any atom is 0.119 e. The zero-order chi connectivity index (χ0) is 14.4. The second-order valence-electron chi connectivity index (χ2n) is 5.30.